The number of rotatable bonds is 1. The molecule has 1 nitrogen and oxygen atoms in total. The first kappa shape index (κ1) is 9.31. The van der Waals surface area contributed by atoms with Crippen LogP contribution in [0.4, 0.5) is 5.69 Å². The molecular weight excluding hydrogens is 270 g/mol. The van der Waals surface area contributed by atoms with Crippen LogP contribution in [-0.2, 0) is 5.33 Å². The second-order valence-electron chi connectivity index (χ2n) is 2.71. The molecule has 2 N–H and O–H groups in total. The Balaban J connectivity index is 2.77. The summed E-state index contributed by atoms with van der Waals surface area (Å²) in [5, 5.41) is 2.60. The lowest BCUT2D eigenvalue weighted by Gasteiger charge is -1.93. The van der Waals surface area contributed by atoms with Crippen LogP contribution in [0.2, 0.25) is 5.02 Å². The Morgan fingerprint density at radius 2 is 2.23 bits per heavy atom. The molecule has 13 heavy (non-hydrogen) atoms. The zero-order chi connectivity index (χ0) is 9.42. The van der Waals surface area contributed by atoms with Gasteiger partial charge in [0.15, 0.2) is 0 Å². The normalized spacial score (nSPS) is 10.9. The Kier molecular flexibility index (Phi) is 2.49. The van der Waals surface area contributed by atoms with Gasteiger partial charge in [-0.05, 0) is 18.2 Å². The summed E-state index contributed by atoms with van der Waals surface area (Å²) in [6.07, 6.45) is 0. The van der Waals surface area contributed by atoms with Gasteiger partial charge in [-0.1, -0.05) is 27.5 Å². The van der Waals surface area contributed by atoms with E-state index in [-0.39, 0.29) is 0 Å². The number of hydrogen-bond acceptors (Lipinski definition) is 2. The Labute approximate surface area is 93.6 Å². The second kappa shape index (κ2) is 3.48. The van der Waals surface area contributed by atoms with Gasteiger partial charge in [0, 0.05) is 25.3 Å². The lowest BCUT2D eigenvalue weighted by molar-refractivity contribution is 1.59. The van der Waals surface area contributed by atoms with E-state index in [4.69, 9.17) is 17.3 Å². The van der Waals surface area contributed by atoms with Gasteiger partial charge in [-0.2, -0.15) is 0 Å². The molecule has 0 amide bonds. The fraction of sp³-hybridized carbons (Fsp3) is 0.111. The molecule has 2 rings (SSSR count). The molecule has 1 heterocycles. The van der Waals surface area contributed by atoms with Gasteiger partial charge in [-0.25, -0.2) is 0 Å². The SMILES string of the molecule is Nc1c(CBr)sc2ccc(Cl)cc12. The number of hydrogen-bond donors (Lipinski definition) is 1. The number of alkyl halides is 1. The van der Waals surface area contributed by atoms with Crippen molar-refractivity contribution in [2.45, 2.75) is 5.33 Å². The van der Waals surface area contributed by atoms with Gasteiger partial charge in [0.05, 0.1) is 5.69 Å². The van der Waals surface area contributed by atoms with Crippen LogP contribution in [0.25, 0.3) is 10.1 Å². The Morgan fingerprint density at radius 3 is 2.92 bits per heavy atom. The number of benzene rings is 1. The third-order valence-electron chi connectivity index (χ3n) is 1.89. The fourth-order valence-corrected chi connectivity index (χ4v) is 3.01. The molecule has 0 bridgehead atoms. The van der Waals surface area contributed by atoms with E-state index in [1.807, 2.05) is 18.2 Å². The van der Waals surface area contributed by atoms with Crippen molar-refractivity contribution in [2.24, 2.45) is 0 Å². The number of thiophene rings is 1. The summed E-state index contributed by atoms with van der Waals surface area (Å²) in [7, 11) is 0. The van der Waals surface area contributed by atoms with E-state index in [1.165, 1.54) is 4.70 Å². The van der Waals surface area contributed by atoms with Gasteiger partial charge in [0.25, 0.3) is 0 Å². The van der Waals surface area contributed by atoms with Crippen molar-refractivity contribution in [1.29, 1.82) is 0 Å². The molecule has 0 atom stereocenters. The molecule has 0 saturated carbocycles. The van der Waals surface area contributed by atoms with Crippen molar-refractivity contribution in [1.82, 2.24) is 0 Å². The maximum Gasteiger partial charge on any atom is 0.0544 e. The van der Waals surface area contributed by atoms with Crippen molar-refractivity contribution in [2.75, 3.05) is 5.73 Å². The molecule has 0 saturated heterocycles. The van der Waals surface area contributed by atoms with E-state index in [9.17, 15) is 0 Å². The maximum atomic E-state index is 5.94. The van der Waals surface area contributed by atoms with Gasteiger partial charge < -0.3 is 5.73 Å². The van der Waals surface area contributed by atoms with E-state index in [2.05, 4.69) is 15.9 Å². The van der Waals surface area contributed by atoms with E-state index in [0.717, 1.165) is 26.3 Å². The molecule has 0 aliphatic rings. The number of nitrogens with two attached hydrogens (primary N) is 1. The molecule has 0 radical (unpaired) electrons. The lowest BCUT2D eigenvalue weighted by atomic mass is 10.2. The molecule has 2 aromatic rings. The predicted octanol–water partition coefficient (Wildman–Crippen LogP) is 4.03. The second-order valence-corrected chi connectivity index (χ2v) is 4.85. The Morgan fingerprint density at radius 1 is 1.46 bits per heavy atom. The highest BCUT2D eigenvalue weighted by molar-refractivity contribution is 9.08. The monoisotopic (exact) mass is 275 g/mol. The fourth-order valence-electron chi connectivity index (χ4n) is 1.24. The van der Waals surface area contributed by atoms with E-state index >= 15 is 0 Å². The quantitative estimate of drug-likeness (QED) is 0.782. The average molecular weight is 277 g/mol. The molecule has 0 aliphatic heterocycles. The van der Waals surface area contributed by atoms with Gasteiger partial charge in [0.1, 0.15) is 0 Å². The molecule has 1 aromatic heterocycles. The van der Waals surface area contributed by atoms with Crippen LogP contribution in [0.15, 0.2) is 18.2 Å². The van der Waals surface area contributed by atoms with E-state index < -0.39 is 0 Å². The lowest BCUT2D eigenvalue weighted by Crippen LogP contribution is -1.85. The topological polar surface area (TPSA) is 26.0 Å². The standard InChI is InChI=1S/C9H7BrClNS/c10-4-8-9(12)6-3-5(11)1-2-7(6)13-8/h1-3H,4,12H2. The molecular formula is C9H7BrClNS. The van der Waals surface area contributed by atoms with Crippen molar-refractivity contribution < 1.29 is 0 Å². The highest BCUT2D eigenvalue weighted by atomic mass is 79.9. The zero-order valence-electron chi connectivity index (χ0n) is 6.68. The highest BCUT2D eigenvalue weighted by Gasteiger charge is 2.07. The molecule has 1 aromatic carbocycles. The smallest absolute Gasteiger partial charge is 0.0544 e. The first-order valence-electron chi connectivity index (χ1n) is 3.74. The summed E-state index contributed by atoms with van der Waals surface area (Å²) in [5.41, 5.74) is 6.79. The van der Waals surface area contributed by atoms with Crippen LogP contribution in [0, 0.1) is 0 Å². The molecule has 0 unspecified atom stereocenters. The van der Waals surface area contributed by atoms with Crippen molar-refractivity contribution in [3.63, 3.8) is 0 Å². The molecule has 0 aliphatic carbocycles. The first-order chi connectivity index (χ1) is 6.22. The largest absolute Gasteiger partial charge is 0.397 e. The number of nitrogen functional groups attached to an aromatic ring is 1. The summed E-state index contributed by atoms with van der Waals surface area (Å²) in [6, 6.07) is 5.80. The minimum Gasteiger partial charge on any atom is -0.397 e. The number of halogens is 2. The summed E-state index contributed by atoms with van der Waals surface area (Å²) < 4.78 is 1.19. The van der Waals surface area contributed by atoms with Crippen LogP contribution >= 0.6 is 38.9 Å². The molecule has 0 fully saturated rings. The average Bonchev–Trinajstić information content (AvgIpc) is 2.44. The predicted molar refractivity (Wildman–Crippen MR) is 63.9 cm³/mol. The minimum atomic E-state index is 0.734. The van der Waals surface area contributed by atoms with Crippen LogP contribution in [-0.4, -0.2) is 0 Å². The Hall–Kier alpha value is -0.250. The van der Waals surface area contributed by atoms with Crippen molar-refractivity contribution in [3.05, 3.63) is 28.1 Å². The highest BCUT2D eigenvalue weighted by Crippen LogP contribution is 2.36. The molecule has 4 heteroatoms. The van der Waals surface area contributed by atoms with Gasteiger partial charge >= 0.3 is 0 Å². The van der Waals surface area contributed by atoms with Crippen LogP contribution in [0.1, 0.15) is 4.88 Å². The third kappa shape index (κ3) is 1.56. The summed E-state index contributed by atoms with van der Waals surface area (Å²) in [5.74, 6) is 0. The van der Waals surface area contributed by atoms with Crippen LogP contribution in [0.5, 0.6) is 0 Å². The zero-order valence-corrected chi connectivity index (χ0v) is 9.84. The van der Waals surface area contributed by atoms with E-state index in [0.29, 0.717) is 0 Å². The number of anilines is 1. The van der Waals surface area contributed by atoms with Gasteiger partial charge in [0.2, 0.25) is 0 Å². The summed E-state index contributed by atoms with van der Waals surface area (Å²) in [4.78, 5) is 1.16. The van der Waals surface area contributed by atoms with Crippen LogP contribution in [0.3, 0.4) is 0 Å². The minimum absolute atomic E-state index is 0.734. The van der Waals surface area contributed by atoms with Crippen molar-refractivity contribution >= 4 is 54.6 Å². The number of fused-ring (bicyclic) bond motifs is 1. The first-order valence-corrected chi connectivity index (χ1v) is 6.06. The maximum absolute atomic E-state index is 5.94. The van der Waals surface area contributed by atoms with Crippen LogP contribution < -0.4 is 5.73 Å². The van der Waals surface area contributed by atoms with Gasteiger partial charge in [-0.15, -0.1) is 11.3 Å². The van der Waals surface area contributed by atoms with E-state index in [1.54, 1.807) is 11.3 Å². The summed E-state index contributed by atoms with van der Waals surface area (Å²) in [6.45, 7) is 0. The Bertz CT molecular complexity index is 452. The van der Waals surface area contributed by atoms with Crippen molar-refractivity contribution in [3.8, 4) is 0 Å². The third-order valence-corrected chi connectivity index (χ3v) is 4.24. The van der Waals surface area contributed by atoms with Gasteiger partial charge in [-0.3, -0.25) is 0 Å². The summed E-state index contributed by atoms with van der Waals surface area (Å²) >= 11 is 11.0. The molecule has 68 valence electrons. The molecule has 0 spiro atoms.